The summed E-state index contributed by atoms with van der Waals surface area (Å²) in [6.07, 6.45) is -0.584. The number of aryl methyl sites for hydroxylation is 1. The summed E-state index contributed by atoms with van der Waals surface area (Å²) in [7, 11) is 0. The number of rotatable bonds is 6. The van der Waals surface area contributed by atoms with Gasteiger partial charge < -0.3 is 13.9 Å². The summed E-state index contributed by atoms with van der Waals surface area (Å²) < 4.78 is 16.7. The van der Waals surface area contributed by atoms with Gasteiger partial charge in [0.25, 0.3) is 5.89 Å². The molecule has 0 fully saturated rings. The largest absolute Gasteiger partial charge is 0.491 e. The summed E-state index contributed by atoms with van der Waals surface area (Å²) in [4.78, 5) is 12.3. The lowest BCUT2D eigenvalue weighted by molar-refractivity contribution is 0.0280. The number of hydrogen-bond acceptors (Lipinski definition) is 6. The normalized spacial score (nSPS) is 12.0. The molecule has 1 atom stereocenters. The van der Waals surface area contributed by atoms with E-state index in [0.717, 1.165) is 11.1 Å². The number of hydrogen-bond donors (Lipinski definition) is 0. The second kappa shape index (κ2) is 8.03. The van der Waals surface area contributed by atoms with E-state index >= 15 is 0 Å². The van der Waals surface area contributed by atoms with Crippen molar-refractivity contribution in [3.05, 3.63) is 65.5 Å². The number of carbonyl (C=O) groups excluding carboxylic acids is 1. The van der Waals surface area contributed by atoms with Crippen molar-refractivity contribution in [1.29, 1.82) is 0 Å². The average molecular weight is 366 g/mol. The topological polar surface area (TPSA) is 74.5 Å². The fourth-order valence-corrected chi connectivity index (χ4v) is 2.43. The SMILES string of the molecule is Cc1ccc(-c2nnc([C@@H](C)OC(=O)c3ccc(OC(C)C)cc3)o2)cc1. The van der Waals surface area contributed by atoms with E-state index in [1.54, 1.807) is 31.2 Å². The summed E-state index contributed by atoms with van der Waals surface area (Å²) in [5.41, 5.74) is 2.39. The molecule has 6 heteroatoms. The zero-order valence-corrected chi connectivity index (χ0v) is 15.8. The van der Waals surface area contributed by atoms with Crippen LogP contribution in [0.1, 0.15) is 48.7 Å². The van der Waals surface area contributed by atoms with Gasteiger partial charge in [0.2, 0.25) is 5.89 Å². The van der Waals surface area contributed by atoms with Crippen LogP contribution >= 0.6 is 0 Å². The van der Waals surface area contributed by atoms with E-state index in [4.69, 9.17) is 13.9 Å². The van der Waals surface area contributed by atoms with Crippen molar-refractivity contribution >= 4 is 5.97 Å². The molecule has 0 N–H and O–H groups in total. The Morgan fingerprint density at radius 3 is 2.26 bits per heavy atom. The van der Waals surface area contributed by atoms with Gasteiger partial charge in [-0.2, -0.15) is 0 Å². The van der Waals surface area contributed by atoms with Gasteiger partial charge in [-0.25, -0.2) is 4.79 Å². The Labute approximate surface area is 158 Å². The van der Waals surface area contributed by atoms with Crippen LogP contribution in [0.2, 0.25) is 0 Å². The van der Waals surface area contributed by atoms with Crippen molar-refractivity contribution in [1.82, 2.24) is 10.2 Å². The molecule has 0 amide bonds. The molecule has 27 heavy (non-hydrogen) atoms. The van der Waals surface area contributed by atoms with E-state index in [1.165, 1.54) is 0 Å². The van der Waals surface area contributed by atoms with Crippen LogP contribution in [0.5, 0.6) is 5.75 Å². The molecule has 140 valence electrons. The first-order valence-corrected chi connectivity index (χ1v) is 8.80. The van der Waals surface area contributed by atoms with E-state index in [2.05, 4.69) is 10.2 Å². The van der Waals surface area contributed by atoms with Gasteiger partial charge in [0.1, 0.15) is 5.75 Å². The van der Waals surface area contributed by atoms with Crippen LogP contribution in [0, 0.1) is 6.92 Å². The van der Waals surface area contributed by atoms with Crippen molar-refractivity contribution in [2.75, 3.05) is 0 Å². The first-order chi connectivity index (χ1) is 12.9. The third-order valence-corrected chi connectivity index (χ3v) is 3.83. The van der Waals surface area contributed by atoms with Crippen molar-refractivity contribution in [2.24, 2.45) is 0 Å². The minimum absolute atomic E-state index is 0.0723. The average Bonchev–Trinajstić information content (AvgIpc) is 3.12. The molecule has 0 spiro atoms. The maximum Gasteiger partial charge on any atom is 0.338 e. The number of aromatic nitrogens is 2. The molecule has 6 nitrogen and oxygen atoms in total. The Morgan fingerprint density at radius 1 is 0.963 bits per heavy atom. The molecule has 3 aromatic rings. The molecule has 3 rings (SSSR count). The molecule has 1 aromatic heterocycles. The molecular weight excluding hydrogens is 344 g/mol. The first kappa shape index (κ1) is 18.6. The van der Waals surface area contributed by atoms with Gasteiger partial charge in [-0.1, -0.05) is 17.7 Å². The fraction of sp³-hybridized carbons (Fsp3) is 0.286. The molecule has 1 heterocycles. The minimum Gasteiger partial charge on any atom is -0.491 e. The Hall–Kier alpha value is -3.15. The van der Waals surface area contributed by atoms with E-state index in [0.29, 0.717) is 17.2 Å². The highest BCUT2D eigenvalue weighted by Crippen LogP contribution is 2.24. The third-order valence-electron chi connectivity index (χ3n) is 3.83. The van der Waals surface area contributed by atoms with Gasteiger partial charge >= 0.3 is 5.97 Å². The van der Waals surface area contributed by atoms with Crippen LogP contribution < -0.4 is 4.74 Å². The highest BCUT2D eigenvalue weighted by atomic mass is 16.6. The molecule has 0 aliphatic heterocycles. The molecule has 0 unspecified atom stereocenters. The van der Waals surface area contributed by atoms with Crippen LogP contribution in [0.25, 0.3) is 11.5 Å². The third kappa shape index (κ3) is 4.73. The highest BCUT2D eigenvalue weighted by molar-refractivity contribution is 5.89. The standard InChI is InChI=1S/C21H22N2O4/c1-13(2)25-18-11-9-17(10-12-18)21(24)26-15(4)19-22-23-20(27-19)16-7-5-14(3)6-8-16/h5-13,15H,1-4H3/t15-/m1/s1. The van der Waals surface area contributed by atoms with E-state index in [1.807, 2.05) is 45.0 Å². The first-order valence-electron chi connectivity index (χ1n) is 8.80. The molecule has 0 saturated carbocycles. The maximum absolute atomic E-state index is 12.3. The predicted molar refractivity (Wildman–Crippen MR) is 101 cm³/mol. The minimum atomic E-state index is -0.657. The lowest BCUT2D eigenvalue weighted by atomic mass is 10.1. The van der Waals surface area contributed by atoms with Crippen LogP contribution in [0.15, 0.2) is 52.9 Å². The zero-order chi connectivity index (χ0) is 19.4. The van der Waals surface area contributed by atoms with Crippen molar-refractivity contribution in [2.45, 2.75) is 39.9 Å². The summed E-state index contributed by atoms with van der Waals surface area (Å²) in [6.45, 7) is 7.59. The van der Waals surface area contributed by atoms with Crippen molar-refractivity contribution in [3.63, 3.8) is 0 Å². The highest BCUT2D eigenvalue weighted by Gasteiger charge is 2.20. The summed E-state index contributed by atoms with van der Waals surface area (Å²) in [6, 6.07) is 14.6. The molecule has 0 aliphatic rings. The lowest BCUT2D eigenvalue weighted by Crippen LogP contribution is -2.10. The predicted octanol–water partition coefficient (Wildman–Crippen LogP) is 4.75. The lowest BCUT2D eigenvalue weighted by Gasteiger charge is -2.11. The molecule has 0 saturated heterocycles. The monoisotopic (exact) mass is 366 g/mol. The molecule has 0 bridgehead atoms. The van der Waals surface area contributed by atoms with Crippen molar-refractivity contribution in [3.8, 4) is 17.2 Å². The van der Waals surface area contributed by atoms with E-state index < -0.39 is 12.1 Å². The van der Waals surface area contributed by atoms with E-state index in [-0.39, 0.29) is 12.0 Å². The Bertz CT molecular complexity index is 899. The quantitative estimate of drug-likeness (QED) is 0.586. The Morgan fingerprint density at radius 2 is 1.63 bits per heavy atom. The Kier molecular flexibility index (Phi) is 5.54. The number of benzene rings is 2. The number of nitrogens with zero attached hydrogens (tertiary/aromatic N) is 2. The van der Waals surface area contributed by atoms with Gasteiger partial charge in [0.15, 0.2) is 6.10 Å². The molecule has 0 aliphatic carbocycles. The van der Waals surface area contributed by atoms with E-state index in [9.17, 15) is 4.79 Å². The van der Waals surface area contributed by atoms with Gasteiger partial charge in [-0.15, -0.1) is 10.2 Å². The maximum atomic E-state index is 12.3. The van der Waals surface area contributed by atoms with Gasteiger partial charge in [-0.3, -0.25) is 0 Å². The van der Waals surface area contributed by atoms with Gasteiger partial charge in [0, 0.05) is 5.56 Å². The van der Waals surface area contributed by atoms with Crippen molar-refractivity contribution < 1.29 is 18.7 Å². The Balaban J connectivity index is 1.65. The molecule has 0 radical (unpaired) electrons. The smallest absolute Gasteiger partial charge is 0.338 e. The second-order valence-corrected chi connectivity index (χ2v) is 6.55. The van der Waals surface area contributed by atoms with Gasteiger partial charge in [0.05, 0.1) is 11.7 Å². The van der Waals surface area contributed by atoms with Crippen LogP contribution in [-0.4, -0.2) is 22.3 Å². The summed E-state index contributed by atoms with van der Waals surface area (Å²) in [5, 5.41) is 8.03. The molecule has 2 aromatic carbocycles. The summed E-state index contributed by atoms with van der Waals surface area (Å²) >= 11 is 0. The van der Waals surface area contributed by atoms with Gasteiger partial charge in [-0.05, 0) is 64.1 Å². The fourth-order valence-electron chi connectivity index (χ4n) is 2.43. The number of ether oxygens (including phenoxy) is 2. The zero-order valence-electron chi connectivity index (χ0n) is 15.8. The molecular formula is C21H22N2O4. The van der Waals surface area contributed by atoms with Crippen LogP contribution in [0.4, 0.5) is 0 Å². The van der Waals surface area contributed by atoms with Crippen LogP contribution in [0.3, 0.4) is 0 Å². The number of carbonyl (C=O) groups is 1. The van der Waals surface area contributed by atoms with Crippen LogP contribution in [-0.2, 0) is 4.74 Å². The number of esters is 1. The second-order valence-electron chi connectivity index (χ2n) is 6.55. The summed E-state index contributed by atoms with van der Waals surface area (Å²) in [5.74, 6) is 0.879.